The minimum atomic E-state index is -2.54. The maximum Gasteiger partial charge on any atom is 0.257 e. The van der Waals surface area contributed by atoms with E-state index in [0.717, 1.165) is 47.1 Å². The van der Waals surface area contributed by atoms with Crippen molar-refractivity contribution in [3.8, 4) is 23.4 Å². The lowest BCUT2D eigenvalue weighted by Gasteiger charge is -2.31. The number of anilines is 1. The molecule has 2 atom stereocenters. The molecule has 0 bridgehead atoms. The van der Waals surface area contributed by atoms with Gasteiger partial charge in [0, 0.05) is 30.0 Å². The molecule has 12 heteroatoms. The van der Waals surface area contributed by atoms with Crippen LogP contribution in [0.2, 0.25) is 0 Å². The SMILES string of the molecule is Cc1ncc(C#N)c2c1ncn2[C@H]1CCC[C@@H](Nc2ncc(C#N)c(-c3cnn(CC(F)F)c3)n2)C1. The van der Waals surface area contributed by atoms with Crippen molar-refractivity contribution in [2.45, 2.75) is 57.7 Å². The van der Waals surface area contributed by atoms with Crippen molar-refractivity contribution >= 4 is 17.0 Å². The van der Waals surface area contributed by atoms with E-state index in [1.54, 1.807) is 12.5 Å². The van der Waals surface area contributed by atoms with Gasteiger partial charge in [0.25, 0.3) is 6.43 Å². The molecule has 1 aliphatic carbocycles. The number of hydrogen-bond donors (Lipinski definition) is 1. The van der Waals surface area contributed by atoms with Crippen LogP contribution in [-0.2, 0) is 6.54 Å². The highest BCUT2D eigenvalue weighted by Crippen LogP contribution is 2.34. The molecular weight excluding hydrogens is 466 g/mol. The minimum Gasteiger partial charge on any atom is -0.351 e. The summed E-state index contributed by atoms with van der Waals surface area (Å²) in [5.74, 6) is 0.351. The molecule has 0 aromatic carbocycles. The zero-order valence-electron chi connectivity index (χ0n) is 19.4. The van der Waals surface area contributed by atoms with Gasteiger partial charge in [-0.05, 0) is 32.6 Å². The molecule has 36 heavy (non-hydrogen) atoms. The Balaban J connectivity index is 1.38. The largest absolute Gasteiger partial charge is 0.351 e. The van der Waals surface area contributed by atoms with E-state index in [-0.39, 0.29) is 17.6 Å². The number of aromatic nitrogens is 7. The van der Waals surface area contributed by atoms with Crippen molar-refractivity contribution in [2.75, 3.05) is 5.32 Å². The van der Waals surface area contributed by atoms with E-state index in [0.29, 0.717) is 22.8 Å². The van der Waals surface area contributed by atoms with Crippen LogP contribution in [0.5, 0.6) is 0 Å². The average molecular weight is 489 g/mol. The van der Waals surface area contributed by atoms with Gasteiger partial charge in [-0.2, -0.15) is 15.6 Å². The van der Waals surface area contributed by atoms with Crippen LogP contribution >= 0.6 is 0 Å². The van der Waals surface area contributed by atoms with Crippen LogP contribution in [0.4, 0.5) is 14.7 Å². The topological polar surface area (TPSA) is 134 Å². The highest BCUT2D eigenvalue weighted by atomic mass is 19.3. The molecule has 4 aromatic rings. The number of fused-ring (bicyclic) bond motifs is 1. The average Bonchev–Trinajstić information content (AvgIpc) is 3.52. The monoisotopic (exact) mass is 488 g/mol. The van der Waals surface area contributed by atoms with Gasteiger partial charge >= 0.3 is 0 Å². The number of rotatable bonds is 6. The van der Waals surface area contributed by atoms with Gasteiger partial charge in [-0.25, -0.2) is 23.7 Å². The number of aryl methyl sites for hydroxylation is 1. The number of hydrogen-bond acceptors (Lipinski definition) is 8. The van der Waals surface area contributed by atoms with E-state index in [4.69, 9.17) is 0 Å². The summed E-state index contributed by atoms with van der Waals surface area (Å²) in [6.07, 6.45) is 8.69. The minimum absolute atomic E-state index is 0.0528. The summed E-state index contributed by atoms with van der Waals surface area (Å²) in [4.78, 5) is 17.6. The molecule has 1 fully saturated rings. The lowest BCUT2D eigenvalue weighted by atomic mass is 9.90. The predicted molar refractivity (Wildman–Crippen MR) is 126 cm³/mol. The first-order valence-corrected chi connectivity index (χ1v) is 11.5. The second-order valence-corrected chi connectivity index (χ2v) is 8.79. The zero-order chi connectivity index (χ0) is 25.2. The van der Waals surface area contributed by atoms with E-state index in [1.807, 2.05) is 6.92 Å². The van der Waals surface area contributed by atoms with Gasteiger partial charge in [0.1, 0.15) is 24.2 Å². The normalized spacial score (nSPS) is 17.7. The summed E-state index contributed by atoms with van der Waals surface area (Å²) >= 11 is 0. The van der Waals surface area contributed by atoms with Gasteiger partial charge in [-0.3, -0.25) is 9.67 Å². The smallest absolute Gasteiger partial charge is 0.257 e. The van der Waals surface area contributed by atoms with Crippen molar-refractivity contribution in [3.05, 3.63) is 47.9 Å². The first-order chi connectivity index (χ1) is 17.5. The van der Waals surface area contributed by atoms with Crippen molar-refractivity contribution in [1.82, 2.24) is 34.3 Å². The lowest BCUT2D eigenvalue weighted by molar-refractivity contribution is 0.122. The molecule has 0 spiro atoms. The number of alkyl halides is 2. The standard InChI is InChI=1S/C24H22F2N10/c1-14-21-23(16(7-28)9-29-14)36(13-31-21)19-4-2-3-18(5-19)33-24-30-8-15(6-27)22(34-24)17-10-32-35(11-17)12-20(25)26/h8-11,13,18-20H,2-5,12H2,1H3,(H,30,33,34)/t18-,19+/m1/s1. The van der Waals surface area contributed by atoms with E-state index in [9.17, 15) is 19.3 Å². The molecule has 0 aliphatic heterocycles. The van der Waals surface area contributed by atoms with Gasteiger partial charge < -0.3 is 9.88 Å². The van der Waals surface area contributed by atoms with E-state index < -0.39 is 13.0 Å². The van der Waals surface area contributed by atoms with Crippen LogP contribution in [0.1, 0.15) is 48.5 Å². The third-order valence-electron chi connectivity index (χ3n) is 6.41. The molecule has 0 amide bonds. The third kappa shape index (κ3) is 4.45. The Kier molecular flexibility index (Phi) is 6.25. The molecule has 1 saturated carbocycles. The Morgan fingerprint density at radius 2 is 1.92 bits per heavy atom. The van der Waals surface area contributed by atoms with Gasteiger partial charge in [-0.15, -0.1) is 0 Å². The van der Waals surface area contributed by atoms with Crippen molar-refractivity contribution in [3.63, 3.8) is 0 Å². The molecular formula is C24H22F2N10. The summed E-state index contributed by atoms with van der Waals surface area (Å²) < 4.78 is 28.6. The van der Waals surface area contributed by atoms with Crippen molar-refractivity contribution in [2.24, 2.45) is 0 Å². The first kappa shape index (κ1) is 23.3. The molecule has 4 aromatic heterocycles. The van der Waals surface area contributed by atoms with Gasteiger partial charge in [-0.1, -0.05) is 0 Å². The van der Waals surface area contributed by atoms with Crippen LogP contribution in [0, 0.1) is 29.6 Å². The fourth-order valence-electron chi connectivity index (χ4n) is 4.75. The maximum absolute atomic E-state index is 12.7. The van der Waals surface area contributed by atoms with Crippen LogP contribution in [0.25, 0.3) is 22.3 Å². The summed E-state index contributed by atoms with van der Waals surface area (Å²) in [7, 11) is 0. The van der Waals surface area contributed by atoms with E-state index >= 15 is 0 Å². The van der Waals surface area contributed by atoms with Crippen LogP contribution < -0.4 is 5.32 Å². The summed E-state index contributed by atoms with van der Waals surface area (Å²) in [6, 6.07) is 4.46. The van der Waals surface area contributed by atoms with E-state index in [1.165, 1.54) is 18.6 Å². The number of halogens is 2. The summed E-state index contributed by atoms with van der Waals surface area (Å²) in [5, 5.41) is 26.4. The molecule has 5 rings (SSSR count). The van der Waals surface area contributed by atoms with Crippen molar-refractivity contribution in [1.29, 1.82) is 10.5 Å². The Morgan fingerprint density at radius 3 is 2.69 bits per heavy atom. The Labute approximate surface area is 205 Å². The van der Waals surface area contributed by atoms with Crippen molar-refractivity contribution < 1.29 is 8.78 Å². The molecule has 10 nitrogen and oxygen atoms in total. The third-order valence-corrected chi connectivity index (χ3v) is 6.41. The molecule has 0 unspecified atom stereocenters. The van der Waals surface area contributed by atoms with E-state index in [2.05, 4.69) is 47.1 Å². The Hall–Kier alpha value is -4.45. The predicted octanol–water partition coefficient (Wildman–Crippen LogP) is 4.00. The number of nitriles is 2. The zero-order valence-corrected chi connectivity index (χ0v) is 19.4. The number of nitrogens with zero attached hydrogens (tertiary/aromatic N) is 9. The lowest BCUT2D eigenvalue weighted by Crippen LogP contribution is -2.29. The highest BCUT2D eigenvalue weighted by molar-refractivity contribution is 5.83. The summed E-state index contributed by atoms with van der Waals surface area (Å²) in [6.45, 7) is 1.34. The second-order valence-electron chi connectivity index (χ2n) is 8.79. The molecule has 0 radical (unpaired) electrons. The highest BCUT2D eigenvalue weighted by Gasteiger charge is 2.26. The number of nitrogens with one attached hydrogen (secondary N) is 1. The molecule has 1 N–H and O–H groups in total. The number of pyridine rings is 1. The second kappa shape index (κ2) is 9.66. The summed E-state index contributed by atoms with van der Waals surface area (Å²) in [5.41, 5.74) is 3.85. The van der Waals surface area contributed by atoms with Crippen LogP contribution in [0.15, 0.2) is 31.1 Å². The molecule has 1 aliphatic rings. The Morgan fingerprint density at radius 1 is 1.11 bits per heavy atom. The molecule has 4 heterocycles. The first-order valence-electron chi connectivity index (χ1n) is 11.5. The molecule has 182 valence electrons. The molecule has 0 saturated heterocycles. The van der Waals surface area contributed by atoms with Crippen LogP contribution in [0.3, 0.4) is 0 Å². The quantitative estimate of drug-likeness (QED) is 0.430. The maximum atomic E-state index is 12.7. The fourth-order valence-corrected chi connectivity index (χ4v) is 4.75. The van der Waals surface area contributed by atoms with Gasteiger partial charge in [0.05, 0.1) is 46.8 Å². The van der Waals surface area contributed by atoms with Crippen LogP contribution in [-0.4, -0.2) is 46.8 Å². The van der Waals surface area contributed by atoms with Gasteiger partial charge in [0.2, 0.25) is 5.95 Å². The Bertz CT molecular complexity index is 1490. The number of imidazole rings is 1. The fraction of sp³-hybridized carbons (Fsp3) is 0.375. The van der Waals surface area contributed by atoms with Gasteiger partial charge in [0.15, 0.2) is 0 Å².